The van der Waals surface area contributed by atoms with Gasteiger partial charge in [0.15, 0.2) is 0 Å². The van der Waals surface area contributed by atoms with Crippen molar-refractivity contribution in [3.8, 4) is 0 Å². The lowest BCUT2D eigenvalue weighted by molar-refractivity contribution is -0.111. The average molecular weight is 292 g/mol. The van der Waals surface area contributed by atoms with Gasteiger partial charge in [0.2, 0.25) is 5.91 Å². The Morgan fingerprint density at radius 3 is 2.55 bits per heavy atom. The Balaban J connectivity index is 1.79. The maximum Gasteiger partial charge on any atom is 0.258 e. The number of rotatable bonds is 3. The zero-order chi connectivity index (χ0) is 15.5. The molecular formula is C18H16N2O2. The molecular weight excluding hydrogens is 276 g/mol. The highest BCUT2D eigenvalue weighted by Crippen LogP contribution is 2.29. The number of benzene rings is 2. The second-order valence-electron chi connectivity index (χ2n) is 5.11. The first-order valence-electron chi connectivity index (χ1n) is 7.12. The highest BCUT2D eigenvalue weighted by Gasteiger charge is 2.24. The first-order chi connectivity index (χ1) is 10.7. The molecule has 22 heavy (non-hydrogen) atoms. The normalized spacial score (nSPS) is 12.6. The van der Waals surface area contributed by atoms with Crippen LogP contribution in [-0.2, 0) is 11.2 Å². The van der Waals surface area contributed by atoms with E-state index in [1.165, 1.54) is 11.6 Å². The van der Waals surface area contributed by atoms with Crippen molar-refractivity contribution in [1.82, 2.24) is 0 Å². The van der Waals surface area contributed by atoms with Crippen LogP contribution in [0.25, 0.3) is 0 Å². The maximum atomic E-state index is 12.6. The van der Waals surface area contributed by atoms with Crippen molar-refractivity contribution >= 4 is 23.2 Å². The fourth-order valence-corrected chi connectivity index (χ4v) is 2.59. The molecule has 0 saturated carbocycles. The molecule has 2 aromatic carbocycles. The van der Waals surface area contributed by atoms with Crippen LogP contribution in [-0.4, -0.2) is 18.4 Å². The van der Waals surface area contributed by atoms with Crippen molar-refractivity contribution < 1.29 is 9.59 Å². The van der Waals surface area contributed by atoms with E-state index in [0.717, 1.165) is 12.1 Å². The number of hydrogen-bond donors (Lipinski definition) is 1. The van der Waals surface area contributed by atoms with Crippen molar-refractivity contribution in [2.75, 3.05) is 16.8 Å². The topological polar surface area (TPSA) is 49.4 Å². The average Bonchev–Trinajstić information content (AvgIpc) is 2.99. The van der Waals surface area contributed by atoms with Crippen molar-refractivity contribution in [2.24, 2.45) is 0 Å². The third-order valence-corrected chi connectivity index (χ3v) is 3.72. The predicted molar refractivity (Wildman–Crippen MR) is 87.1 cm³/mol. The van der Waals surface area contributed by atoms with Gasteiger partial charge < -0.3 is 10.2 Å². The van der Waals surface area contributed by atoms with Gasteiger partial charge in [0.25, 0.3) is 5.91 Å². The summed E-state index contributed by atoms with van der Waals surface area (Å²) in [5, 5.41) is 2.66. The van der Waals surface area contributed by atoms with E-state index in [2.05, 4.69) is 18.0 Å². The Labute approximate surface area is 129 Å². The van der Waals surface area contributed by atoms with E-state index in [4.69, 9.17) is 0 Å². The summed E-state index contributed by atoms with van der Waals surface area (Å²) in [6, 6.07) is 14.8. The third-order valence-electron chi connectivity index (χ3n) is 3.72. The predicted octanol–water partition coefficient (Wildman–Crippen LogP) is 3.01. The lowest BCUT2D eigenvalue weighted by Crippen LogP contribution is -2.28. The highest BCUT2D eigenvalue weighted by molar-refractivity contribution is 6.07. The molecule has 4 heteroatoms. The van der Waals surface area contributed by atoms with Crippen LogP contribution in [0.2, 0.25) is 0 Å². The fourth-order valence-electron chi connectivity index (χ4n) is 2.59. The molecule has 0 aromatic heterocycles. The molecule has 4 nitrogen and oxygen atoms in total. The SMILES string of the molecule is C=CC(=O)Nc1ccc(C(=O)N2CCc3ccccc32)cc1. The summed E-state index contributed by atoms with van der Waals surface area (Å²) >= 11 is 0. The van der Waals surface area contributed by atoms with Gasteiger partial charge in [-0.2, -0.15) is 0 Å². The van der Waals surface area contributed by atoms with Gasteiger partial charge in [0.1, 0.15) is 0 Å². The molecule has 1 heterocycles. The Bertz CT molecular complexity index is 735. The van der Waals surface area contributed by atoms with Crippen LogP contribution in [0, 0.1) is 0 Å². The van der Waals surface area contributed by atoms with Crippen molar-refractivity contribution in [3.05, 3.63) is 72.3 Å². The van der Waals surface area contributed by atoms with Gasteiger partial charge >= 0.3 is 0 Å². The molecule has 0 aliphatic carbocycles. The molecule has 1 aliphatic heterocycles. The second-order valence-corrected chi connectivity index (χ2v) is 5.11. The number of para-hydroxylation sites is 1. The summed E-state index contributed by atoms with van der Waals surface area (Å²) < 4.78 is 0. The summed E-state index contributed by atoms with van der Waals surface area (Å²) in [7, 11) is 0. The molecule has 110 valence electrons. The number of nitrogens with one attached hydrogen (secondary N) is 1. The summed E-state index contributed by atoms with van der Waals surface area (Å²) in [4.78, 5) is 25.7. The minimum Gasteiger partial charge on any atom is -0.323 e. The van der Waals surface area contributed by atoms with Gasteiger partial charge in [-0.05, 0) is 48.4 Å². The summed E-state index contributed by atoms with van der Waals surface area (Å²) in [5.41, 5.74) is 3.43. The standard InChI is InChI=1S/C18H16N2O2/c1-2-17(21)19-15-9-7-14(8-10-15)18(22)20-12-11-13-5-3-4-6-16(13)20/h2-10H,1,11-12H2,(H,19,21). The molecule has 0 spiro atoms. The van der Waals surface area contributed by atoms with Gasteiger partial charge in [0, 0.05) is 23.5 Å². The Morgan fingerprint density at radius 1 is 1.09 bits per heavy atom. The monoisotopic (exact) mass is 292 g/mol. The molecule has 0 unspecified atom stereocenters. The minimum atomic E-state index is -0.271. The quantitative estimate of drug-likeness (QED) is 0.884. The molecule has 0 fully saturated rings. The molecule has 0 radical (unpaired) electrons. The number of fused-ring (bicyclic) bond motifs is 1. The van der Waals surface area contributed by atoms with Crippen LogP contribution < -0.4 is 10.2 Å². The Morgan fingerprint density at radius 2 is 1.82 bits per heavy atom. The second kappa shape index (κ2) is 5.85. The van der Waals surface area contributed by atoms with E-state index in [1.54, 1.807) is 29.2 Å². The Hall–Kier alpha value is -2.88. The van der Waals surface area contributed by atoms with Crippen molar-refractivity contribution in [1.29, 1.82) is 0 Å². The zero-order valence-corrected chi connectivity index (χ0v) is 12.1. The lowest BCUT2D eigenvalue weighted by Gasteiger charge is -2.17. The number of amides is 2. The van der Waals surface area contributed by atoms with E-state index in [0.29, 0.717) is 17.8 Å². The van der Waals surface area contributed by atoms with Crippen LogP contribution in [0.4, 0.5) is 11.4 Å². The molecule has 0 atom stereocenters. The lowest BCUT2D eigenvalue weighted by atomic mass is 10.1. The van der Waals surface area contributed by atoms with Gasteiger partial charge in [-0.25, -0.2) is 0 Å². The largest absolute Gasteiger partial charge is 0.323 e. The first-order valence-corrected chi connectivity index (χ1v) is 7.12. The van der Waals surface area contributed by atoms with Gasteiger partial charge in [-0.1, -0.05) is 24.8 Å². The summed E-state index contributed by atoms with van der Waals surface area (Å²) in [5.74, 6) is -0.293. The number of anilines is 2. The van der Waals surface area contributed by atoms with Crippen LogP contribution in [0.15, 0.2) is 61.2 Å². The molecule has 2 amide bonds. The van der Waals surface area contributed by atoms with Crippen LogP contribution in [0.3, 0.4) is 0 Å². The molecule has 3 rings (SSSR count). The van der Waals surface area contributed by atoms with Crippen LogP contribution in [0.5, 0.6) is 0 Å². The van der Waals surface area contributed by atoms with Crippen molar-refractivity contribution in [2.45, 2.75) is 6.42 Å². The molecule has 1 N–H and O–H groups in total. The van der Waals surface area contributed by atoms with Crippen LogP contribution >= 0.6 is 0 Å². The van der Waals surface area contributed by atoms with E-state index in [9.17, 15) is 9.59 Å². The summed E-state index contributed by atoms with van der Waals surface area (Å²) in [6.45, 7) is 4.10. The molecule has 0 bridgehead atoms. The Kier molecular flexibility index (Phi) is 3.74. The maximum absolute atomic E-state index is 12.6. The van der Waals surface area contributed by atoms with E-state index in [1.807, 2.05) is 18.2 Å². The van der Waals surface area contributed by atoms with Crippen molar-refractivity contribution in [3.63, 3.8) is 0 Å². The summed E-state index contributed by atoms with van der Waals surface area (Å²) in [6.07, 6.45) is 2.09. The molecule has 1 aliphatic rings. The number of carbonyl (C=O) groups excluding carboxylic acids is 2. The van der Waals surface area contributed by atoms with Gasteiger partial charge in [-0.3, -0.25) is 9.59 Å². The van der Waals surface area contributed by atoms with Gasteiger partial charge in [0.05, 0.1) is 0 Å². The third kappa shape index (κ3) is 2.63. The van der Waals surface area contributed by atoms with E-state index < -0.39 is 0 Å². The van der Waals surface area contributed by atoms with Crippen LogP contribution in [0.1, 0.15) is 15.9 Å². The first kappa shape index (κ1) is 14.1. The molecule has 2 aromatic rings. The van der Waals surface area contributed by atoms with Gasteiger partial charge in [-0.15, -0.1) is 0 Å². The fraction of sp³-hybridized carbons (Fsp3) is 0.111. The number of hydrogen-bond acceptors (Lipinski definition) is 2. The van der Waals surface area contributed by atoms with E-state index in [-0.39, 0.29) is 11.8 Å². The smallest absolute Gasteiger partial charge is 0.258 e. The number of nitrogens with zero attached hydrogens (tertiary/aromatic N) is 1. The molecule has 0 saturated heterocycles. The highest BCUT2D eigenvalue weighted by atomic mass is 16.2. The number of carbonyl (C=O) groups is 2. The van der Waals surface area contributed by atoms with E-state index >= 15 is 0 Å². The minimum absolute atomic E-state index is 0.0217. The zero-order valence-electron chi connectivity index (χ0n) is 12.1.